The molecule has 0 fully saturated rings. The van der Waals surface area contributed by atoms with E-state index in [0.29, 0.717) is 49.2 Å². The van der Waals surface area contributed by atoms with Crippen LogP contribution in [0.3, 0.4) is 0 Å². The maximum atomic E-state index is 12.6. The van der Waals surface area contributed by atoms with Crippen LogP contribution in [0.25, 0.3) is 21.8 Å². The molecule has 0 radical (unpaired) electrons. The number of ether oxygens (including phenoxy) is 1. The number of nitrogens with two attached hydrogens (primary N) is 1. The molecule has 49 heavy (non-hydrogen) atoms. The summed E-state index contributed by atoms with van der Waals surface area (Å²) in [6, 6.07) is 30.0. The molecular weight excluding hydrogens is 667 g/mol. The van der Waals surface area contributed by atoms with E-state index >= 15 is 0 Å². The number of carbonyl (C=O) groups is 2. The first-order valence-corrected chi connectivity index (χ1v) is 17.0. The van der Waals surface area contributed by atoms with Crippen LogP contribution < -0.4 is 10.5 Å². The van der Waals surface area contributed by atoms with E-state index in [2.05, 4.69) is 19.4 Å². The van der Waals surface area contributed by atoms with Gasteiger partial charge in [0.15, 0.2) is 0 Å². The Morgan fingerprint density at radius 2 is 1.33 bits per heavy atom. The van der Waals surface area contributed by atoms with Crippen LogP contribution in [0.2, 0.25) is 0 Å². The number of amides is 1. The van der Waals surface area contributed by atoms with E-state index in [1.807, 2.05) is 0 Å². The molecule has 6 rings (SSSR count). The van der Waals surface area contributed by atoms with Crippen molar-refractivity contribution in [2.24, 2.45) is 0 Å². The number of benzene rings is 4. The van der Waals surface area contributed by atoms with Crippen molar-refractivity contribution in [2.45, 2.75) is 9.79 Å². The van der Waals surface area contributed by atoms with Gasteiger partial charge in [0, 0.05) is 42.2 Å². The highest BCUT2D eigenvalue weighted by atomic mass is 32.2. The van der Waals surface area contributed by atoms with Gasteiger partial charge in [-0.1, -0.05) is 60.7 Å². The minimum absolute atomic E-state index is 0.160. The number of rotatable bonds is 6. The summed E-state index contributed by atoms with van der Waals surface area (Å²) in [5.74, 6) is -0.552. The minimum atomic E-state index is -3.74. The Kier molecular flexibility index (Phi) is 12.1. The quantitative estimate of drug-likeness (QED) is 0.132. The van der Waals surface area contributed by atoms with Gasteiger partial charge in [-0.25, -0.2) is 13.2 Å². The van der Waals surface area contributed by atoms with Gasteiger partial charge in [0.1, 0.15) is 0 Å². The number of hydrogen-bond donors (Lipinski definition) is 2. The third kappa shape index (κ3) is 9.01. The van der Waals surface area contributed by atoms with Crippen LogP contribution in [0, 0.1) is 0 Å². The van der Waals surface area contributed by atoms with E-state index < -0.39 is 21.1 Å². The molecule has 2 aromatic heterocycles. The number of carbonyl (C=O) groups excluding carboxylic acids is 2. The van der Waals surface area contributed by atoms with Crippen molar-refractivity contribution in [3.8, 4) is 0 Å². The van der Waals surface area contributed by atoms with Gasteiger partial charge >= 0.3 is 5.97 Å². The maximum absolute atomic E-state index is 12.6. The second-order valence-electron chi connectivity index (χ2n) is 10.3. The van der Waals surface area contributed by atoms with E-state index in [1.54, 1.807) is 117 Å². The lowest BCUT2D eigenvalue weighted by Crippen LogP contribution is -2.22. The van der Waals surface area contributed by atoms with Crippen molar-refractivity contribution in [3.05, 3.63) is 133 Å². The van der Waals surface area contributed by atoms with Gasteiger partial charge in [-0.3, -0.25) is 23.7 Å². The molecule has 0 aliphatic heterocycles. The summed E-state index contributed by atoms with van der Waals surface area (Å²) >= 11 is -2.08. The van der Waals surface area contributed by atoms with Gasteiger partial charge in [0.25, 0.3) is 15.9 Å². The van der Waals surface area contributed by atoms with Gasteiger partial charge < -0.3 is 19.9 Å². The molecule has 1 unspecified atom stereocenters. The highest BCUT2D eigenvalue weighted by molar-refractivity contribution is 7.92. The molecule has 0 saturated heterocycles. The molecular formula is C35H32N5O7S2-. The first kappa shape index (κ1) is 36.1. The normalized spacial score (nSPS) is 11.3. The Morgan fingerprint density at radius 3 is 1.90 bits per heavy atom. The van der Waals surface area contributed by atoms with Gasteiger partial charge in [0.2, 0.25) is 0 Å². The van der Waals surface area contributed by atoms with E-state index in [9.17, 15) is 26.8 Å². The third-order valence-electron chi connectivity index (χ3n) is 6.85. The number of fused-ring (bicyclic) bond motifs is 2. The summed E-state index contributed by atoms with van der Waals surface area (Å²) < 4.78 is 52.8. The van der Waals surface area contributed by atoms with E-state index in [-0.39, 0.29) is 16.8 Å². The molecule has 252 valence electrons. The molecule has 6 aromatic rings. The Hall–Kier alpha value is -5.70. The van der Waals surface area contributed by atoms with Gasteiger partial charge in [0.05, 0.1) is 45.5 Å². The monoisotopic (exact) mass is 698 g/mol. The number of esters is 1. The molecule has 0 spiro atoms. The Bertz CT molecular complexity index is 2220. The lowest BCUT2D eigenvalue weighted by atomic mass is 10.1. The summed E-state index contributed by atoms with van der Waals surface area (Å²) in [5.41, 5.74) is 8.64. The molecule has 0 aliphatic carbocycles. The topological polar surface area (TPSA) is 185 Å². The molecule has 4 aromatic carbocycles. The summed E-state index contributed by atoms with van der Waals surface area (Å²) in [6.07, 6.45) is 3.05. The fourth-order valence-corrected chi connectivity index (χ4v) is 5.97. The molecule has 1 atom stereocenters. The number of nitrogens with zero attached hydrogens (tertiary/aromatic N) is 3. The summed E-state index contributed by atoms with van der Waals surface area (Å²) in [7, 11) is 0.935. The number of para-hydroxylation sites is 2. The van der Waals surface area contributed by atoms with Crippen LogP contribution in [-0.2, 0) is 25.8 Å². The molecule has 2 heterocycles. The second-order valence-corrected chi connectivity index (χ2v) is 12.9. The van der Waals surface area contributed by atoms with E-state index in [1.165, 1.54) is 30.3 Å². The SMILES string of the molecule is CN(C)C(=O)c1ccnc2c(NS(=O)(=O)c3ccccc3)cccc12.COC(=O)c1ccnc2c(N)cccc12.O=S([O-])c1ccccc1. The fraction of sp³-hybridized carbons (Fsp3) is 0.0857. The average molecular weight is 699 g/mol. The van der Waals surface area contributed by atoms with Crippen LogP contribution in [-0.4, -0.2) is 65.1 Å². The predicted molar refractivity (Wildman–Crippen MR) is 188 cm³/mol. The largest absolute Gasteiger partial charge is 0.768 e. The van der Waals surface area contributed by atoms with Crippen LogP contribution in [0.5, 0.6) is 0 Å². The van der Waals surface area contributed by atoms with Crippen molar-refractivity contribution in [2.75, 3.05) is 31.7 Å². The standard InChI is InChI=1S/C18H17N3O3S.C11H10N2O2.C6H6O2S/c1-21(2)18(22)15-11-12-19-17-14(15)9-6-10-16(17)20-25(23,24)13-7-4-3-5-8-13;1-15-11(14)8-5-6-13-10-7(8)3-2-4-9(10)12;7-9(8)6-4-2-1-3-5-6/h3-12,20H,1-2H3;2-6H,12H2,1H3;1-5H,(H,7,8)/p-1. The lowest BCUT2D eigenvalue weighted by Gasteiger charge is -2.14. The predicted octanol–water partition coefficient (Wildman–Crippen LogP) is 5.27. The fourth-order valence-electron chi connectivity index (χ4n) is 4.51. The highest BCUT2D eigenvalue weighted by Crippen LogP contribution is 2.27. The van der Waals surface area contributed by atoms with Crippen molar-refractivity contribution in [1.82, 2.24) is 14.9 Å². The lowest BCUT2D eigenvalue weighted by molar-refractivity contribution is 0.0602. The zero-order valence-electron chi connectivity index (χ0n) is 26.6. The molecule has 3 N–H and O–H groups in total. The summed E-state index contributed by atoms with van der Waals surface area (Å²) in [6.45, 7) is 0. The van der Waals surface area contributed by atoms with Gasteiger partial charge in [-0.2, -0.15) is 0 Å². The first-order chi connectivity index (χ1) is 23.4. The zero-order valence-corrected chi connectivity index (χ0v) is 28.3. The number of hydrogen-bond acceptors (Lipinski definition) is 10. The van der Waals surface area contributed by atoms with E-state index in [4.69, 9.17) is 5.73 Å². The first-order valence-electron chi connectivity index (χ1n) is 14.5. The number of nitrogens with one attached hydrogen (secondary N) is 1. The maximum Gasteiger partial charge on any atom is 0.338 e. The summed E-state index contributed by atoms with van der Waals surface area (Å²) in [5, 5.41) is 1.30. The molecule has 0 saturated carbocycles. The van der Waals surface area contributed by atoms with Gasteiger partial charge in [-0.15, -0.1) is 0 Å². The van der Waals surface area contributed by atoms with Crippen molar-refractivity contribution in [1.29, 1.82) is 0 Å². The van der Waals surface area contributed by atoms with Gasteiger partial charge in [-0.05, 0) is 59.6 Å². The molecule has 14 heteroatoms. The molecule has 12 nitrogen and oxygen atoms in total. The number of nitrogen functional groups attached to an aromatic ring is 1. The number of pyridine rings is 2. The second kappa shape index (κ2) is 16.4. The van der Waals surface area contributed by atoms with Crippen LogP contribution >= 0.6 is 0 Å². The Morgan fingerprint density at radius 1 is 0.776 bits per heavy atom. The number of aromatic nitrogens is 2. The smallest absolute Gasteiger partial charge is 0.338 e. The highest BCUT2D eigenvalue weighted by Gasteiger charge is 2.18. The van der Waals surface area contributed by atoms with Crippen molar-refractivity contribution >= 4 is 66.2 Å². The van der Waals surface area contributed by atoms with Crippen molar-refractivity contribution in [3.63, 3.8) is 0 Å². The summed E-state index contributed by atoms with van der Waals surface area (Å²) in [4.78, 5) is 34.1. The third-order valence-corrected chi connectivity index (χ3v) is 8.89. The Labute approximate surface area is 285 Å². The zero-order chi connectivity index (χ0) is 35.6. The van der Waals surface area contributed by atoms with Crippen LogP contribution in [0.1, 0.15) is 20.7 Å². The van der Waals surface area contributed by atoms with E-state index in [0.717, 1.165) is 0 Å². The number of sulfonamides is 1. The molecule has 0 bridgehead atoms. The Balaban J connectivity index is 0.000000189. The van der Waals surface area contributed by atoms with Crippen LogP contribution in [0.4, 0.5) is 11.4 Å². The number of anilines is 2. The van der Waals surface area contributed by atoms with Crippen molar-refractivity contribution < 1.29 is 31.5 Å². The molecule has 1 amide bonds. The minimum Gasteiger partial charge on any atom is -0.768 e. The van der Waals surface area contributed by atoms with Crippen LogP contribution in [0.15, 0.2) is 131 Å². The number of methoxy groups -OCH3 is 1. The average Bonchev–Trinajstić information content (AvgIpc) is 3.12. The molecule has 0 aliphatic rings.